The quantitative estimate of drug-likeness (QED) is 0.792. The molecular weight excluding hydrogens is 370 g/mol. The molecule has 26 heavy (non-hydrogen) atoms. The van der Waals surface area contributed by atoms with Gasteiger partial charge in [0.2, 0.25) is 11.8 Å². The van der Waals surface area contributed by atoms with Gasteiger partial charge in [0.25, 0.3) is 0 Å². The van der Waals surface area contributed by atoms with E-state index in [2.05, 4.69) is 18.0 Å². The van der Waals surface area contributed by atoms with E-state index in [0.717, 1.165) is 23.7 Å². The van der Waals surface area contributed by atoms with Crippen LogP contribution in [-0.2, 0) is 21.4 Å². The summed E-state index contributed by atoms with van der Waals surface area (Å²) in [6, 6.07) is 6.24. The molecule has 1 fully saturated rings. The topological polar surface area (TPSA) is 53.5 Å². The molecule has 1 atom stereocenters. The molecule has 1 aromatic heterocycles. The Bertz CT molecular complexity index is 897. The van der Waals surface area contributed by atoms with Gasteiger partial charge in [-0.15, -0.1) is 11.3 Å². The highest BCUT2D eigenvalue weighted by molar-refractivity contribution is 7.15. The van der Waals surface area contributed by atoms with E-state index in [1.807, 2.05) is 21.9 Å². The molecule has 1 aromatic carbocycles. The van der Waals surface area contributed by atoms with Gasteiger partial charge in [0.05, 0.1) is 12.6 Å². The predicted molar refractivity (Wildman–Crippen MR) is 103 cm³/mol. The largest absolute Gasteiger partial charge is 0.342 e. The lowest BCUT2D eigenvalue weighted by Crippen LogP contribution is -2.40. The number of thiazole rings is 1. The Hall–Kier alpha value is -1.92. The Morgan fingerprint density at radius 3 is 2.81 bits per heavy atom. The summed E-state index contributed by atoms with van der Waals surface area (Å²) in [4.78, 5) is 32.8. The van der Waals surface area contributed by atoms with Crippen molar-refractivity contribution in [2.24, 2.45) is 0 Å². The van der Waals surface area contributed by atoms with Crippen LogP contribution in [0.2, 0.25) is 4.34 Å². The van der Waals surface area contributed by atoms with Crippen molar-refractivity contribution in [1.29, 1.82) is 0 Å². The van der Waals surface area contributed by atoms with Gasteiger partial charge in [0.15, 0.2) is 0 Å². The summed E-state index contributed by atoms with van der Waals surface area (Å²) >= 11 is 7.28. The third-order valence-electron chi connectivity index (χ3n) is 5.40. The Labute approximate surface area is 161 Å². The van der Waals surface area contributed by atoms with Crippen LogP contribution in [0.3, 0.4) is 0 Å². The van der Waals surface area contributed by atoms with E-state index in [1.54, 1.807) is 13.1 Å². The number of amides is 2. The molecule has 7 heteroatoms. The van der Waals surface area contributed by atoms with E-state index in [9.17, 15) is 9.59 Å². The van der Waals surface area contributed by atoms with Crippen LogP contribution in [0.25, 0.3) is 0 Å². The second-order valence-corrected chi connectivity index (χ2v) is 8.95. The van der Waals surface area contributed by atoms with Crippen LogP contribution in [0.4, 0.5) is 5.69 Å². The van der Waals surface area contributed by atoms with Crippen LogP contribution in [0.15, 0.2) is 24.4 Å². The molecule has 2 amide bonds. The number of fused-ring (bicyclic) bond motifs is 2. The van der Waals surface area contributed by atoms with E-state index < -0.39 is 0 Å². The van der Waals surface area contributed by atoms with Crippen LogP contribution in [0.5, 0.6) is 0 Å². The number of aromatic nitrogens is 1. The molecule has 136 valence electrons. The summed E-state index contributed by atoms with van der Waals surface area (Å²) in [5.41, 5.74) is 3.16. The van der Waals surface area contributed by atoms with E-state index in [0.29, 0.717) is 17.4 Å². The van der Waals surface area contributed by atoms with E-state index in [1.165, 1.54) is 22.5 Å². The predicted octanol–water partition coefficient (Wildman–Crippen LogP) is 3.18. The normalized spacial score (nSPS) is 21.5. The fraction of sp³-hybridized carbons (Fsp3) is 0.421. The molecular formula is C19H20ClN3O2S. The molecule has 0 aliphatic carbocycles. The minimum Gasteiger partial charge on any atom is -0.342 e. The van der Waals surface area contributed by atoms with Crippen molar-refractivity contribution < 1.29 is 9.59 Å². The van der Waals surface area contributed by atoms with Crippen molar-refractivity contribution >= 4 is 40.4 Å². The summed E-state index contributed by atoms with van der Waals surface area (Å²) in [5.74, 6) is 0.123. The SMILES string of the molecule is CC(=O)N1CCC2(C1)CN(C(=O)Cc1ncc(Cl)s1)c1ccc(C)cc12. The fourth-order valence-corrected chi connectivity index (χ4v) is 5.04. The molecule has 3 heterocycles. The third-order valence-corrected chi connectivity index (χ3v) is 6.52. The highest BCUT2D eigenvalue weighted by atomic mass is 35.5. The maximum absolute atomic E-state index is 13.0. The van der Waals surface area contributed by atoms with Gasteiger partial charge >= 0.3 is 0 Å². The minimum absolute atomic E-state index is 0.0271. The zero-order valence-electron chi connectivity index (χ0n) is 14.8. The number of hydrogen-bond donors (Lipinski definition) is 0. The second kappa shape index (κ2) is 6.35. The van der Waals surface area contributed by atoms with Crippen LogP contribution in [-0.4, -0.2) is 41.3 Å². The van der Waals surface area contributed by atoms with Crippen LogP contribution < -0.4 is 4.90 Å². The van der Waals surface area contributed by atoms with Gasteiger partial charge in [-0.1, -0.05) is 29.3 Å². The molecule has 0 bridgehead atoms. The van der Waals surface area contributed by atoms with Crippen LogP contribution in [0.1, 0.15) is 29.5 Å². The molecule has 0 N–H and O–H groups in total. The summed E-state index contributed by atoms with van der Waals surface area (Å²) in [7, 11) is 0. The van der Waals surface area contributed by atoms with Gasteiger partial charge in [-0.3, -0.25) is 9.59 Å². The molecule has 4 rings (SSSR count). The van der Waals surface area contributed by atoms with Gasteiger partial charge in [-0.2, -0.15) is 0 Å². The molecule has 2 aromatic rings. The van der Waals surface area contributed by atoms with Crippen molar-refractivity contribution in [1.82, 2.24) is 9.88 Å². The first kappa shape index (κ1) is 17.5. The summed E-state index contributed by atoms with van der Waals surface area (Å²) in [6.45, 7) is 5.71. The molecule has 1 unspecified atom stereocenters. The van der Waals surface area contributed by atoms with Gasteiger partial charge in [-0.25, -0.2) is 4.98 Å². The third kappa shape index (κ3) is 2.91. The van der Waals surface area contributed by atoms with Crippen LogP contribution in [0, 0.1) is 6.92 Å². The Kier molecular flexibility index (Phi) is 4.28. The zero-order chi connectivity index (χ0) is 18.5. The molecule has 2 aliphatic rings. The average molecular weight is 390 g/mol. The number of aryl methyl sites for hydroxylation is 1. The molecule has 1 saturated heterocycles. The number of benzene rings is 1. The Morgan fingerprint density at radius 1 is 1.35 bits per heavy atom. The number of rotatable bonds is 2. The van der Waals surface area contributed by atoms with E-state index >= 15 is 0 Å². The lowest BCUT2D eigenvalue weighted by atomic mass is 9.81. The van der Waals surface area contributed by atoms with Crippen molar-refractivity contribution in [3.63, 3.8) is 0 Å². The maximum Gasteiger partial charge on any atom is 0.233 e. The van der Waals surface area contributed by atoms with Crippen molar-refractivity contribution in [2.75, 3.05) is 24.5 Å². The first-order valence-corrected chi connectivity index (χ1v) is 9.85. The summed E-state index contributed by atoms with van der Waals surface area (Å²) in [6.07, 6.45) is 2.71. The molecule has 0 radical (unpaired) electrons. The highest BCUT2D eigenvalue weighted by Gasteiger charge is 2.49. The number of halogens is 1. The van der Waals surface area contributed by atoms with Crippen LogP contribution >= 0.6 is 22.9 Å². The average Bonchev–Trinajstić information content (AvgIpc) is 3.27. The van der Waals surface area contributed by atoms with Gasteiger partial charge < -0.3 is 9.80 Å². The monoisotopic (exact) mass is 389 g/mol. The van der Waals surface area contributed by atoms with Gasteiger partial charge in [-0.05, 0) is 25.0 Å². The standard InChI is InChI=1S/C19H20ClN3O2S/c1-12-3-4-15-14(7-12)19(5-6-22(10-19)13(2)24)11-23(15)18(25)8-17-21-9-16(20)26-17/h3-4,7,9H,5-6,8,10-11H2,1-2H3. The molecule has 0 saturated carbocycles. The number of anilines is 1. The Morgan fingerprint density at radius 2 is 2.15 bits per heavy atom. The number of hydrogen-bond acceptors (Lipinski definition) is 4. The van der Waals surface area contributed by atoms with Crippen molar-refractivity contribution in [3.8, 4) is 0 Å². The second-order valence-electron chi connectivity index (χ2n) is 7.21. The number of likely N-dealkylation sites (tertiary alicyclic amines) is 1. The minimum atomic E-state index is -0.163. The maximum atomic E-state index is 13.0. The number of carbonyl (C=O) groups is 2. The number of carbonyl (C=O) groups excluding carboxylic acids is 2. The van der Waals surface area contributed by atoms with E-state index in [-0.39, 0.29) is 23.7 Å². The van der Waals surface area contributed by atoms with E-state index in [4.69, 9.17) is 11.6 Å². The van der Waals surface area contributed by atoms with Gasteiger partial charge in [0.1, 0.15) is 9.34 Å². The van der Waals surface area contributed by atoms with Crippen molar-refractivity contribution in [2.45, 2.75) is 32.1 Å². The van der Waals surface area contributed by atoms with Gasteiger partial charge in [0, 0.05) is 37.7 Å². The van der Waals surface area contributed by atoms with Crippen molar-refractivity contribution in [3.05, 3.63) is 44.9 Å². The summed E-state index contributed by atoms with van der Waals surface area (Å²) in [5, 5.41) is 0.728. The smallest absolute Gasteiger partial charge is 0.233 e. The first-order chi connectivity index (χ1) is 12.4. The first-order valence-electron chi connectivity index (χ1n) is 8.65. The lowest BCUT2D eigenvalue weighted by Gasteiger charge is -2.25. The molecule has 1 spiro atoms. The molecule has 5 nitrogen and oxygen atoms in total. The fourth-order valence-electron chi connectivity index (χ4n) is 4.09. The number of nitrogens with zero attached hydrogens (tertiary/aromatic N) is 3. The zero-order valence-corrected chi connectivity index (χ0v) is 16.4. The Balaban J connectivity index is 1.66. The molecule has 2 aliphatic heterocycles. The summed E-state index contributed by atoms with van der Waals surface area (Å²) < 4.78 is 0.592. The lowest BCUT2D eigenvalue weighted by molar-refractivity contribution is -0.127. The highest BCUT2D eigenvalue weighted by Crippen LogP contribution is 2.47.